The third-order valence-corrected chi connectivity index (χ3v) is 4.49. The van der Waals surface area contributed by atoms with Gasteiger partial charge in [-0.2, -0.15) is 0 Å². The summed E-state index contributed by atoms with van der Waals surface area (Å²) in [6.07, 6.45) is 7.83. The van der Waals surface area contributed by atoms with Gasteiger partial charge in [0.25, 0.3) is 5.91 Å². The predicted octanol–water partition coefficient (Wildman–Crippen LogP) is 4.08. The molecule has 1 aromatic carbocycles. The second-order valence-electron chi connectivity index (χ2n) is 7.12. The first kappa shape index (κ1) is 17.5. The van der Waals surface area contributed by atoms with E-state index in [0.717, 1.165) is 24.0 Å². The smallest absolute Gasteiger partial charge is 0.252 e. The molecule has 1 aliphatic carbocycles. The normalized spacial score (nSPS) is 15.5. The van der Waals surface area contributed by atoms with Crippen LogP contribution in [0.5, 0.6) is 11.5 Å². The maximum atomic E-state index is 11.8. The molecule has 1 heterocycles. The van der Waals surface area contributed by atoms with E-state index in [1.807, 2.05) is 12.1 Å². The molecule has 0 aliphatic heterocycles. The van der Waals surface area contributed by atoms with Crippen molar-refractivity contribution in [3.63, 3.8) is 0 Å². The number of nitrogens with zero attached hydrogens (tertiary/aromatic N) is 1. The highest BCUT2D eigenvalue weighted by Crippen LogP contribution is 2.33. The summed E-state index contributed by atoms with van der Waals surface area (Å²) < 4.78 is 12.1. The molecular weight excluding hydrogens is 316 g/mol. The lowest BCUT2D eigenvalue weighted by Crippen LogP contribution is -2.20. The highest BCUT2D eigenvalue weighted by molar-refractivity contribution is 6.01. The number of pyridine rings is 1. The van der Waals surface area contributed by atoms with Gasteiger partial charge in [0.2, 0.25) is 0 Å². The number of fused-ring (bicyclic) bond motifs is 1. The van der Waals surface area contributed by atoms with Gasteiger partial charge >= 0.3 is 0 Å². The van der Waals surface area contributed by atoms with Gasteiger partial charge in [-0.3, -0.25) is 9.78 Å². The van der Waals surface area contributed by atoms with Crippen LogP contribution in [0.15, 0.2) is 24.4 Å². The molecule has 1 aliphatic rings. The first-order valence-corrected chi connectivity index (χ1v) is 9.06. The number of amides is 1. The molecule has 1 amide bonds. The van der Waals surface area contributed by atoms with E-state index in [-0.39, 0.29) is 6.10 Å². The number of hydrogen-bond acceptors (Lipinski definition) is 4. The summed E-state index contributed by atoms with van der Waals surface area (Å²) >= 11 is 0. The number of hydrogen-bond donors (Lipinski definition) is 1. The lowest BCUT2D eigenvalue weighted by Gasteiger charge is -2.24. The minimum Gasteiger partial charge on any atom is -0.492 e. The Hall–Kier alpha value is -2.30. The topological polar surface area (TPSA) is 74.4 Å². The first-order valence-electron chi connectivity index (χ1n) is 9.06. The number of nitrogens with two attached hydrogens (primary N) is 1. The van der Waals surface area contributed by atoms with Gasteiger partial charge in [-0.05, 0) is 49.8 Å². The maximum absolute atomic E-state index is 11.8. The number of primary amides is 1. The van der Waals surface area contributed by atoms with Gasteiger partial charge in [0.1, 0.15) is 11.5 Å². The molecular formula is C20H26N2O3. The summed E-state index contributed by atoms with van der Waals surface area (Å²) in [5.41, 5.74) is 6.57. The van der Waals surface area contributed by atoms with E-state index in [4.69, 9.17) is 15.2 Å². The summed E-state index contributed by atoms with van der Waals surface area (Å²) in [5.74, 6) is 1.13. The van der Waals surface area contributed by atoms with Crippen LogP contribution in [0, 0.1) is 5.92 Å². The lowest BCUT2D eigenvalue weighted by molar-refractivity contribution is 0.0995. The zero-order chi connectivity index (χ0) is 17.8. The van der Waals surface area contributed by atoms with Gasteiger partial charge in [-0.25, -0.2) is 0 Å². The molecule has 2 N–H and O–H groups in total. The van der Waals surface area contributed by atoms with Crippen LogP contribution in [-0.2, 0) is 0 Å². The SMILES string of the molecule is CC(C)COc1cc2c(OC3CCCCC3)ccnc2cc1C(N)=O. The molecule has 0 saturated heterocycles. The zero-order valence-corrected chi connectivity index (χ0v) is 15.0. The third kappa shape index (κ3) is 4.21. The predicted molar refractivity (Wildman–Crippen MR) is 98.1 cm³/mol. The van der Waals surface area contributed by atoms with Gasteiger partial charge < -0.3 is 15.2 Å². The molecule has 1 aromatic heterocycles. The molecule has 5 nitrogen and oxygen atoms in total. The number of aromatic nitrogens is 1. The van der Waals surface area contributed by atoms with Crippen molar-refractivity contribution in [2.24, 2.45) is 11.7 Å². The Morgan fingerprint density at radius 1 is 1.24 bits per heavy atom. The molecule has 5 heteroatoms. The van der Waals surface area contributed by atoms with Gasteiger partial charge in [-0.15, -0.1) is 0 Å². The van der Waals surface area contributed by atoms with Crippen LogP contribution in [0.4, 0.5) is 0 Å². The van der Waals surface area contributed by atoms with E-state index in [0.29, 0.717) is 29.4 Å². The number of carbonyl (C=O) groups excluding carboxylic acids is 1. The Kier molecular flexibility index (Phi) is 5.41. The molecule has 0 bridgehead atoms. The van der Waals surface area contributed by atoms with Crippen LogP contribution in [0.3, 0.4) is 0 Å². The fraction of sp³-hybridized carbons (Fsp3) is 0.500. The Labute approximate surface area is 148 Å². The molecule has 0 unspecified atom stereocenters. The van der Waals surface area contributed by atoms with E-state index in [1.165, 1.54) is 19.3 Å². The number of benzene rings is 1. The molecule has 25 heavy (non-hydrogen) atoms. The van der Waals surface area contributed by atoms with Crippen LogP contribution in [0.1, 0.15) is 56.3 Å². The number of rotatable bonds is 6. The third-order valence-electron chi connectivity index (χ3n) is 4.49. The van der Waals surface area contributed by atoms with Crippen molar-refractivity contribution < 1.29 is 14.3 Å². The molecule has 134 valence electrons. The van der Waals surface area contributed by atoms with Gasteiger partial charge in [0.05, 0.1) is 23.8 Å². The lowest BCUT2D eigenvalue weighted by atomic mass is 9.97. The second kappa shape index (κ2) is 7.72. The van der Waals surface area contributed by atoms with Gasteiger partial charge in [0.15, 0.2) is 0 Å². The minimum atomic E-state index is -0.513. The van der Waals surface area contributed by atoms with Crippen molar-refractivity contribution in [1.29, 1.82) is 0 Å². The number of carbonyl (C=O) groups is 1. The van der Waals surface area contributed by atoms with Crippen LogP contribution in [0.2, 0.25) is 0 Å². The van der Waals surface area contributed by atoms with Crippen molar-refractivity contribution >= 4 is 16.8 Å². The Morgan fingerprint density at radius 3 is 2.68 bits per heavy atom. The van der Waals surface area contributed by atoms with Crippen molar-refractivity contribution in [1.82, 2.24) is 4.98 Å². The summed E-state index contributed by atoms with van der Waals surface area (Å²) in [6, 6.07) is 5.41. The van der Waals surface area contributed by atoms with Crippen LogP contribution in [0.25, 0.3) is 10.9 Å². The highest BCUT2D eigenvalue weighted by atomic mass is 16.5. The Balaban J connectivity index is 1.97. The van der Waals surface area contributed by atoms with E-state index in [1.54, 1.807) is 12.3 Å². The Morgan fingerprint density at radius 2 is 2.00 bits per heavy atom. The molecule has 1 saturated carbocycles. The summed E-state index contributed by atoms with van der Waals surface area (Å²) in [4.78, 5) is 16.2. The summed E-state index contributed by atoms with van der Waals surface area (Å²) in [5, 5.41) is 0.858. The van der Waals surface area contributed by atoms with Crippen molar-refractivity contribution in [3.8, 4) is 11.5 Å². The summed E-state index contributed by atoms with van der Waals surface area (Å²) in [6.45, 7) is 4.64. The highest BCUT2D eigenvalue weighted by Gasteiger charge is 2.18. The monoisotopic (exact) mass is 342 g/mol. The van der Waals surface area contributed by atoms with E-state index in [2.05, 4.69) is 18.8 Å². The van der Waals surface area contributed by atoms with E-state index < -0.39 is 5.91 Å². The Bertz CT molecular complexity index is 752. The maximum Gasteiger partial charge on any atom is 0.252 e. The van der Waals surface area contributed by atoms with E-state index in [9.17, 15) is 4.79 Å². The van der Waals surface area contributed by atoms with Crippen molar-refractivity contribution in [3.05, 3.63) is 30.0 Å². The molecule has 0 radical (unpaired) electrons. The molecule has 1 fully saturated rings. The van der Waals surface area contributed by atoms with E-state index >= 15 is 0 Å². The molecule has 0 atom stereocenters. The largest absolute Gasteiger partial charge is 0.492 e. The minimum absolute atomic E-state index is 0.246. The van der Waals surface area contributed by atoms with Crippen molar-refractivity contribution in [2.45, 2.75) is 52.1 Å². The fourth-order valence-corrected chi connectivity index (χ4v) is 3.18. The summed E-state index contributed by atoms with van der Waals surface area (Å²) in [7, 11) is 0. The number of ether oxygens (including phenoxy) is 2. The molecule has 2 aromatic rings. The van der Waals surface area contributed by atoms with Crippen LogP contribution >= 0.6 is 0 Å². The van der Waals surface area contributed by atoms with Crippen LogP contribution in [-0.4, -0.2) is 23.6 Å². The molecule has 3 rings (SSSR count). The first-order chi connectivity index (χ1) is 12.0. The van der Waals surface area contributed by atoms with Gasteiger partial charge in [0, 0.05) is 11.6 Å². The van der Waals surface area contributed by atoms with Crippen LogP contribution < -0.4 is 15.2 Å². The standard InChI is InChI=1S/C20H26N2O3/c1-13(2)12-24-19-11-15-17(10-16(19)20(21)23)22-9-8-18(15)25-14-6-4-3-5-7-14/h8-11,13-14H,3-7,12H2,1-2H3,(H2,21,23). The second-order valence-corrected chi connectivity index (χ2v) is 7.12. The zero-order valence-electron chi connectivity index (χ0n) is 15.0. The average molecular weight is 342 g/mol. The van der Waals surface area contributed by atoms with Crippen molar-refractivity contribution in [2.75, 3.05) is 6.61 Å². The average Bonchev–Trinajstić information content (AvgIpc) is 2.60. The molecule has 0 spiro atoms. The fourth-order valence-electron chi connectivity index (χ4n) is 3.18. The van der Waals surface area contributed by atoms with Gasteiger partial charge in [-0.1, -0.05) is 20.3 Å². The quantitative estimate of drug-likeness (QED) is 0.858.